The van der Waals surface area contributed by atoms with Crippen LogP contribution in [0.25, 0.3) is 0 Å². The van der Waals surface area contributed by atoms with Gasteiger partial charge in [-0.25, -0.2) is 9.97 Å². The van der Waals surface area contributed by atoms with Gasteiger partial charge < -0.3 is 15.4 Å². The van der Waals surface area contributed by atoms with Gasteiger partial charge in [-0.1, -0.05) is 12.1 Å². The van der Waals surface area contributed by atoms with Crippen LogP contribution in [-0.4, -0.2) is 35.1 Å². The molecule has 0 saturated heterocycles. The van der Waals surface area contributed by atoms with Crippen LogP contribution in [0.3, 0.4) is 0 Å². The third-order valence-electron chi connectivity index (χ3n) is 3.27. The number of aromatic nitrogens is 2. The fraction of sp³-hybridized carbons (Fsp3) is 0.389. The number of carbonyl (C=O) groups is 1. The van der Waals surface area contributed by atoms with Crippen LogP contribution < -0.4 is 15.4 Å². The van der Waals surface area contributed by atoms with E-state index >= 15 is 0 Å². The van der Waals surface area contributed by atoms with Gasteiger partial charge in [0.2, 0.25) is 0 Å². The molecule has 0 bridgehead atoms. The number of nitrogens with zero attached hydrogens (tertiary/aromatic N) is 2. The van der Waals surface area contributed by atoms with Crippen molar-refractivity contribution in [2.75, 3.05) is 19.0 Å². The fourth-order valence-corrected chi connectivity index (χ4v) is 2.11. The first-order chi connectivity index (χ1) is 11.4. The summed E-state index contributed by atoms with van der Waals surface area (Å²) in [5.74, 6) is 1.28. The van der Waals surface area contributed by atoms with Gasteiger partial charge >= 0.3 is 0 Å². The number of methoxy groups -OCH3 is 1. The third-order valence-corrected chi connectivity index (χ3v) is 3.27. The number of anilines is 1. The normalized spacial score (nSPS) is 11.0. The van der Waals surface area contributed by atoms with Crippen LogP contribution in [0, 0.1) is 0 Å². The van der Waals surface area contributed by atoms with Crippen LogP contribution in [0.2, 0.25) is 0 Å². The molecule has 0 unspecified atom stereocenters. The van der Waals surface area contributed by atoms with E-state index in [1.54, 1.807) is 13.2 Å². The molecule has 0 saturated carbocycles. The zero-order chi connectivity index (χ0) is 17.6. The van der Waals surface area contributed by atoms with Crippen molar-refractivity contribution in [2.45, 2.75) is 32.7 Å². The minimum atomic E-state index is -0.302. The Bertz CT molecular complexity index is 678. The molecule has 0 radical (unpaired) electrons. The van der Waals surface area contributed by atoms with E-state index in [9.17, 15) is 4.79 Å². The van der Waals surface area contributed by atoms with Crippen LogP contribution in [-0.2, 0) is 6.42 Å². The van der Waals surface area contributed by atoms with Crippen molar-refractivity contribution in [1.29, 1.82) is 0 Å². The molecular formula is C18H24N4O2. The molecule has 0 atom stereocenters. The molecule has 2 N–H and O–H groups in total. The SMILES string of the molecule is COc1ccc(CCNc2cc(C(=O)NC(C)(C)C)ncn2)cc1. The largest absolute Gasteiger partial charge is 0.497 e. The van der Waals surface area contributed by atoms with E-state index in [0.717, 1.165) is 12.2 Å². The zero-order valence-corrected chi connectivity index (χ0v) is 14.6. The van der Waals surface area contributed by atoms with E-state index in [1.165, 1.54) is 11.9 Å². The molecule has 24 heavy (non-hydrogen) atoms. The van der Waals surface area contributed by atoms with Crippen molar-refractivity contribution < 1.29 is 9.53 Å². The molecule has 6 nitrogen and oxygen atoms in total. The van der Waals surface area contributed by atoms with Gasteiger partial charge in [0.05, 0.1) is 7.11 Å². The van der Waals surface area contributed by atoms with Gasteiger partial charge in [-0.2, -0.15) is 0 Å². The summed E-state index contributed by atoms with van der Waals surface area (Å²) in [7, 11) is 1.65. The molecule has 0 fully saturated rings. The molecule has 2 rings (SSSR count). The average Bonchev–Trinajstić information content (AvgIpc) is 2.54. The highest BCUT2D eigenvalue weighted by Gasteiger charge is 2.16. The lowest BCUT2D eigenvalue weighted by molar-refractivity contribution is 0.0914. The Morgan fingerprint density at radius 2 is 1.88 bits per heavy atom. The van der Waals surface area contributed by atoms with E-state index < -0.39 is 0 Å². The Labute approximate surface area is 142 Å². The Morgan fingerprint density at radius 1 is 1.17 bits per heavy atom. The van der Waals surface area contributed by atoms with E-state index in [-0.39, 0.29) is 11.4 Å². The van der Waals surface area contributed by atoms with E-state index in [4.69, 9.17) is 4.74 Å². The maximum atomic E-state index is 12.1. The Kier molecular flexibility index (Phi) is 5.73. The molecular weight excluding hydrogens is 304 g/mol. The number of amides is 1. The lowest BCUT2D eigenvalue weighted by Crippen LogP contribution is -2.41. The highest BCUT2D eigenvalue weighted by Crippen LogP contribution is 2.12. The minimum absolute atomic E-state index is 0.205. The molecule has 1 heterocycles. The molecule has 0 aliphatic heterocycles. The van der Waals surface area contributed by atoms with Gasteiger partial charge in [0.1, 0.15) is 23.6 Å². The number of hydrogen-bond acceptors (Lipinski definition) is 5. The highest BCUT2D eigenvalue weighted by atomic mass is 16.5. The highest BCUT2D eigenvalue weighted by molar-refractivity contribution is 5.93. The van der Waals surface area contributed by atoms with E-state index in [2.05, 4.69) is 20.6 Å². The molecule has 6 heteroatoms. The van der Waals surface area contributed by atoms with Gasteiger partial charge in [0, 0.05) is 18.2 Å². The summed E-state index contributed by atoms with van der Waals surface area (Å²) in [6, 6.07) is 9.60. The summed E-state index contributed by atoms with van der Waals surface area (Å²) in [6.45, 7) is 6.50. The summed E-state index contributed by atoms with van der Waals surface area (Å²) in [5, 5.41) is 6.10. The smallest absolute Gasteiger partial charge is 0.270 e. The first kappa shape index (κ1) is 17.7. The molecule has 2 aromatic rings. The molecule has 1 aromatic carbocycles. The van der Waals surface area contributed by atoms with Crippen molar-refractivity contribution in [1.82, 2.24) is 15.3 Å². The van der Waals surface area contributed by atoms with Crippen LogP contribution in [0.5, 0.6) is 5.75 Å². The minimum Gasteiger partial charge on any atom is -0.497 e. The first-order valence-corrected chi connectivity index (χ1v) is 7.89. The number of benzene rings is 1. The first-order valence-electron chi connectivity index (χ1n) is 7.89. The van der Waals surface area contributed by atoms with Crippen molar-refractivity contribution in [3.8, 4) is 5.75 Å². The number of nitrogens with one attached hydrogen (secondary N) is 2. The maximum Gasteiger partial charge on any atom is 0.270 e. The van der Waals surface area contributed by atoms with Crippen molar-refractivity contribution >= 4 is 11.7 Å². The van der Waals surface area contributed by atoms with Crippen molar-refractivity contribution in [3.63, 3.8) is 0 Å². The second kappa shape index (κ2) is 7.77. The number of rotatable bonds is 6. The van der Waals surface area contributed by atoms with Crippen molar-refractivity contribution in [3.05, 3.63) is 47.9 Å². The monoisotopic (exact) mass is 328 g/mol. The predicted octanol–water partition coefficient (Wildman–Crippen LogP) is 2.67. The molecule has 1 amide bonds. The van der Waals surface area contributed by atoms with Gasteiger partial charge in [0.25, 0.3) is 5.91 Å². The van der Waals surface area contributed by atoms with Crippen molar-refractivity contribution in [2.24, 2.45) is 0 Å². The molecule has 128 valence electrons. The van der Waals surface area contributed by atoms with Crippen LogP contribution in [0.1, 0.15) is 36.8 Å². The summed E-state index contributed by atoms with van der Waals surface area (Å²) in [4.78, 5) is 20.3. The second-order valence-corrected chi connectivity index (χ2v) is 6.52. The topological polar surface area (TPSA) is 76.1 Å². The maximum absolute atomic E-state index is 12.1. The summed E-state index contributed by atoms with van der Waals surface area (Å²) in [6.07, 6.45) is 2.24. The van der Waals surface area contributed by atoms with Crippen LogP contribution in [0.4, 0.5) is 5.82 Å². The number of ether oxygens (including phenoxy) is 1. The van der Waals surface area contributed by atoms with Gasteiger partial charge in [-0.15, -0.1) is 0 Å². The van der Waals surface area contributed by atoms with E-state index in [0.29, 0.717) is 18.1 Å². The summed E-state index contributed by atoms with van der Waals surface area (Å²) < 4.78 is 5.14. The predicted molar refractivity (Wildman–Crippen MR) is 94.4 cm³/mol. The standard InChI is InChI=1S/C18H24N4O2/c1-18(2,3)22-17(23)15-11-16(21-12-20-15)19-10-9-13-5-7-14(24-4)8-6-13/h5-8,11-12H,9-10H2,1-4H3,(H,22,23)(H,19,20,21). The molecule has 0 spiro atoms. The average molecular weight is 328 g/mol. The van der Waals surface area contributed by atoms with Crippen LogP contribution in [0.15, 0.2) is 36.7 Å². The quantitative estimate of drug-likeness (QED) is 0.852. The number of hydrogen-bond donors (Lipinski definition) is 2. The summed E-state index contributed by atoms with van der Waals surface area (Å²) >= 11 is 0. The Balaban J connectivity index is 1.90. The van der Waals surface area contributed by atoms with Gasteiger partial charge in [-0.3, -0.25) is 4.79 Å². The van der Waals surface area contributed by atoms with Crippen LogP contribution >= 0.6 is 0 Å². The van der Waals surface area contributed by atoms with Gasteiger partial charge in [-0.05, 0) is 44.9 Å². The van der Waals surface area contributed by atoms with Gasteiger partial charge in [0.15, 0.2) is 0 Å². The lowest BCUT2D eigenvalue weighted by atomic mass is 10.1. The Morgan fingerprint density at radius 3 is 2.50 bits per heavy atom. The molecule has 0 aliphatic rings. The second-order valence-electron chi connectivity index (χ2n) is 6.52. The molecule has 1 aromatic heterocycles. The molecule has 0 aliphatic carbocycles. The Hall–Kier alpha value is -2.63. The number of carbonyl (C=O) groups excluding carboxylic acids is 1. The lowest BCUT2D eigenvalue weighted by Gasteiger charge is -2.20. The zero-order valence-electron chi connectivity index (χ0n) is 14.6. The van der Waals surface area contributed by atoms with E-state index in [1.807, 2.05) is 45.0 Å². The summed E-state index contributed by atoms with van der Waals surface area (Å²) in [5.41, 5.74) is 1.25. The fourth-order valence-electron chi connectivity index (χ4n) is 2.11. The third kappa shape index (κ3) is 5.53.